The van der Waals surface area contributed by atoms with Crippen LogP contribution < -0.4 is 5.32 Å². The molecule has 2 atom stereocenters. The van der Waals surface area contributed by atoms with E-state index in [9.17, 15) is 15.0 Å². The molecule has 0 saturated carbocycles. The summed E-state index contributed by atoms with van der Waals surface area (Å²) < 4.78 is 0. The number of rotatable bonds is 38. The largest absolute Gasteiger partial charge is 0.394 e. The highest BCUT2D eigenvalue weighted by molar-refractivity contribution is 5.76. The Hall–Kier alpha value is -1.13. The first-order valence-corrected chi connectivity index (χ1v) is 21.1. The molecule has 0 aliphatic rings. The minimum Gasteiger partial charge on any atom is -0.394 e. The summed E-state index contributed by atoms with van der Waals surface area (Å²) in [6.45, 7) is 4.26. The molecule has 0 aliphatic carbocycles. The zero-order valence-corrected chi connectivity index (χ0v) is 31.8. The highest BCUT2D eigenvalue weighted by atomic mass is 16.3. The lowest BCUT2D eigenvalue weighted by Crippen LogP contribution is -2.45. The Morgan fingerprint density at radius 2 is 0.830 bits per heavy atom. The lowest BCUT2D eigenvalue weighted by Gasteiger charge is -2.19. The summed E-state index contributed by atoms with van der Waals surface area (Å²) in [7, 11) is 0. The van der Waals surface area contributed by atoms with E-state index >= 15 is 0 Å². The van der Waals surface area contributed by atoms with E-state index in [2.05, 4.69) is 31.3 Å². The van der Waals surface area contributed by atoms with Crippen LogP contribution in [0.3, 0.4) is 0 Å². The van der Waals surface area contributed by atoms with Crippen molar-refractivity contribution in [3.8, 4) is 0 Å². The van der Waals surface area contributed by atoms with Crippen molar-refractivity contribution in [1.82, 2.24) is 5.32 Å². The van der Waals surface area contributed by atoms with E-state index in [1.165, 1.54) is 173 Å². The molecule has 0 aromatic carbocycles. The van der Waals surface area contributed by atoms with Crippen molar-refractivity contribution >= 4 is 5.91 Å². The van der Waals surface area contributed by atoms with Crippen molar-refractivity contribution in [3.63, 3.8) is 0 Å². The SMILES string of the molecule is CCCCCCCCCCCCCCCCCCCCCCCC/C=C/CC/C=C/C(O)C(CO)NC(=O)CCCCCCCCC. The number of unbranched alkanes of at least 4 members (excludes halogenated alkanes) is 29. The van der Waals surface area contributed by atoms with Crippen LogP contribution in [0.5, 0.6) is 0 Å². The van der Waals surface area contributed by atoms with Crippen molar-refractivity contribution in [2.75, 3.05) is 6.61 Å². The van der Waals surface area contributed by atoms with E-state index in [-0.39, 0.29) is 12.5 Å². The third-order valence-electron chi connectivity index (χ3n) is 9.69. The monoisotopic (exact) mass is 662 g/mol. The minimum absolute atomic E-state index is 0.0802. The highest BCUT2D eigenvalue weighted by Gasteiger charge is 2.17. The molecule has 0 aliphatic heterocycles. The van der Waals surface area contributed by atoms with Crippen LogP contribution in [0.15, 0.2) is 24.3 Å². The Kier molecular flexibility index (Phi) is 38.4. The molecule has 0 rings (SSSR count). The van der Waals surface area contributed by atoms with Gasteiger partial charge in [0.05, 0.1) is 18.8 Å². The number of nitrogens with one attached hydrogen (secondary N) is 1. The van der Waals surface area contributed by atoms with Crippen LogP contribution in [-0.4, -0.2) is 34.9 Å². The third kappa shape index (κ3) is 36.0. The van der Waals surface area contributed by atoms with Crippen molar-refractivity contribution in [3.05, 3.63) is 24.3 Å². The first-order chi connectivity index (χ1) is 23.2. The molecule has 0 spiro atoms. The van der Waals surface area contributed by atoms with Crippen molar-refractivity contribution < 1.29 is 15.0 Å². The van der Waals surface area contributed by atoms with Crippen LogP contribution in [0.2, 0.25) is 0 Å². The number of carbonyl (C=O) groups is 1. The van der Waals surface area contributed by atoms with Gasteiger partial charge < -0.3 is 15.5 Å². The fourth-order valence-electron chi connectivity index (χ4n) is 6.43. The van der Waals surface area contributed by atoms with Crippen LogP contribution in [0, 0.1) is 0 Å². The lowest BCUT2D eigenvalue weighted by molar-refractivity contribution is -0.123. The van der Waals surface area contributed by atoms with Crippen molar-refractivity contribution in [1.29, 1.82) is 0 Å². The Morgan fingerprint density at radius 3 is 1.23 bits per heavy atom. The quantitative estimate of drug-likeness (QED) is 0.0455. The van der Waals surface area contributed by atoms with Gasteiger partial charge in [0, 0.05) is 6.42 Å². The summed E-state index contributed by atoms with van der Waals surface area (Å²) in [5.41, 5.74) is 0. The van der Waals surface area contributed by atoms with Crippen LogP contribution in [-0.2, 0) is 4.79 Å². The maximum Gasteiger partial charge on any atom is 0.220 e. The van der Waals surface area contributed by atoms with Crippen LogP contribution in [0.25, 0.3) is 0 Å². The molecule has 3 N–H and O–H groups in total. The van der Waals surface area contributed by atoms with Crippen LogP contribution in [0.1, 0.15) is 226 Å². The fraction of sp³-hybridized carbons (Fsp3) is 0.884. The maximum atomic E-state index is 12.2. The molecule has 0 aromatic rings. The second-order valence-electron chi connectivity index (χ2n) is 14.4. The molecule has 0 bridgehead atoms. The number of hydrogen-bond donors (Lipinski definition) is 3. The van der Waals surface area contributed by atoms with E-state index in [0.29, 0.717) is 6.42 Å². The summed E-state index contributed by atoms with van der Waals surface area (Å²) in [6.07, 6.45) is 50.3. The molecule has 0 radical (unpaired) electrons. The first kappa shape index (κ1) is 45.9. The number of hydrogen-bond acceptors (Lipinski definition) is 3. The third-order valence-corrected chi connectivity index (χ3v) is 9.69. The van der Waals surface area contributed by atoms with Crippen LogP contribution in [0.4, 0.5) is 0 Å². The summed E-state index contributed by atoms with van der Waals surface area (Å²) in [5, 5.41) is 22.8. The molecule has 0 aromatic heterocycles. The molecule has 4 nitrogen and oxygen atoms in total. The molecule has 0 heterocycles. The van der Waals surface area contributed by atoms with Gasteiger partial charge in [-0.2, -0.15) is 0 Å². The van der Waals surface area contributed by atoms with Gasteiger partial charge in [-0.15, -0.1) is 0 Å². The summed E-state index contributed by atoms with van der Waals surface area (Å²) >= 11 is 0. The van der Waals surface area contributed by atoms with Crippen molar-refractivity contribution in [2.24, 2.45) is 0 Å². The van der Waals surface area contributed by atoms with Gasteiger partial charge in [0.15, 0.2) is 0 Å². The number of allylic oxidation sites excluding steroid dienone is 3. The molecular weight excluding hydrogens is 578 g/mol. The topological polar surface area (TPSA) is 69.6 Å². The van der Waals surface area contributed by atoms with Crippen LogP contribution >= 0.6 is 0 Å². The Balaban J connectivity index is 3.47. The molecular formula is C43H83NO3. The average Bonchev–Trinajstić information content (AvgIpc) is 3.07. The van der Waals surface area contributed by atoms with E-state index in [1.54, 1.807) is 6.08 Å². The lowest BCUT2D eigenvalue weighted by atomic mass is 10.0. The predicted octanol–water partition coefficient (Wildman–Crippen LogP) is 12.8. The second-order valence-corrected chi connectivity index (χ2v) is 14.4. The molecule has 278 valence electrons. The second kappa shape index (κ2) is 39.3. The Labute approximate surface area is 294 Å². The Bertz CT molecular complexity index is 676. The zero-order chi connectivity index (χ0) is 34.3. The molecule has 0 saturated heterocycles. The van der Waals surface area contributed by atoms with Gasteiger partial charge in [-0.25, -0.2) is 0 Å². The molecule has 2 unspecified atom stereocenters. The molecule has 0 fully saturated rings. The number of aliphatic hydroxyl groups excluding tert-OH is 2. The van der Waals surface area contributed by atoms with Gasteiger partial charge in [-0.1, -0.05) is 212 Å². The fourth-order valence-corrected chi connectivity index (χ4v) is 6.43. The first-order valence-electron chi connectivity index (χ1n) is 21.1. The summed E-state index contributed by atoms with van der Waals surface area (Å²) in [6, 6.07) is -0.632. The maximum absolute atomic E-state index is 12.2. The van der Waals surface area contributed by atoms with Gasteiger partial charge in [-0.05, 0) is 32.1 Å². The zero-order valence-electron chi connectivity index (χ0n) is 31.8. The number of aliphatic hydroxyl groups is 2. The highest BCUT2D eigenvalue weighted by Crippen LogP contribution is 2.16. The number of amides is 1. The van der Waals surface area contributed by atoms with Gasteiger partial charge >= 0.3 is 0 Å². The average molecular weight is 662 g/mol. The van der Waals surface area contributed by atoms with E-state index in [4.69, 9.17) is 0 Å². The minimum atomic E-state index is -0.856. The summed E-state index contributed by atoms with van der Waals surface area (Å²) in [5.74, 6) is -0.0802. The van der Waals surface area contributed by atoms with E-state index in [0.717, 1.165) is 32.1 Å². The van der Waals surface area contributed by atoms with E-state index < -0.39 is 12.1 Å². The van der Waals surface area contributed by atoms with Gasteiger partial charge in [0.25, 0.3) is 0 Å². The Morgan fingerprint density at radius 1 is 0.489 bits per heavy atom. The molecule has 1 amide bonds. The number of carbonyl (C=O) groups excluding carboxylic acids is 1. The van der Waals surface area contributed by atoms with Gasteiger partial charge in [0.1, 0.15) is 0 Å². The van der Waals surface area contributed by atoms with Gasteiger partial charge in [0.2, 0.25) is 5.91 Å². The summed E-state index contributed by atoms with van der Waals surface area (Å²) in [4.78, 5) is 12.2. The molecule has 4 heteroatoms. The predicted molar refractivity (Wildman–Crippen MR) is 207 cm³/mol. The van der Waals surface area contributed by atoms with Gasteiger partial charge in [-0.3, -0.25) is 4.79 Å². The molecule has 47 heavy (non-hydrogen) atoms. The van der Waals surface area contributed by atoms with E-state index in [1.807, 2.05) is 6.08 Å². The smallest absolute Gasteiger partial charge is 0.220 e. The van der Waals surface area contributed by atoms with Crippen molar-refractivity contribution in [2.45, 2.75) is 238 Å². The standard InChI is InChI=1S/C43H83NO3/c1-3-5-7-9-11-12-13-14-15-16-17-18-19-20-21-22-23-24-25-26-27-28-29-30-31-33-34-36-38-42(46)41(40-45)44-43(47)39-37-35-32-10-8-6-4-2/h30-31,36,38,41-42,45-46H,3-29,32-35,37,39-40H2,1-2H3,(H,44,47)/b31-30+,38-36+. The normalized spacial score (nSPS) is 13.2.